The summed E-state index contributed by atoms with van der Waals surface area (Å²) in [6.07, 6.45) is 4.04. The largest absolute Gasteiger partial charge is 0.429 e. The van der Waals surface area contributed by atoms with Gasteiger partial charge in [-0.2, -0.15) is 0 Å². The maximum absolute atomic E-state index is 13.0. The van der Waals surface area contributed by atoms with E-state index < -0.39 is 22.3 Å². The van der Waals surface area contributed by atoms with Crippen LogP contribution >= 0.6 is 11.6 Å². The van der Waals surface area contributed by atoms with Gasteiger partial charge in [0, 0.05) is 16.5 Å². The van der Waals surface area contributed by atoms with Gasteiger partial charge in [0.25, 0.3) is 10.0 Å². The van der Waals surface area contributed by atoms with Crippen LogP contribution in [0.2, 0.25) is 5.02 Å². The zero-order valence-electron chi connectivity index (χ0n) is 16.5. The van der Waals surface area contributed by atoms with Crippen molar-refractivity contribution in [3.63, 3.8) is 0 Å². The van der Waals surface area contributed by atoms with Crippen LogP contribution in [-0.2, 0) is 14.8 Å². The summed E-state index contributed by atoms with van der Waals surface area (Å²) < 4.78 is 33.6. The third kappa shape index (κ3) is 4.63. The van der Waals surface area contributed by atoms with Crippen molar-refractivity contribution in [2.75, 3.05) is 6.54 Å². The van der Waals surface area contributed by atoms with E-state index in [0.29, 0.717) is 17.0 Å². The van der Waals surface area contributed by atoms with E-state index in [4.69, 9.17) is 16.3 Å². The summed E-state index contributed by atoms with van der Waals surface area (Å²) in [5.74, 6) is 0.749. The molecule has 1 amide bonds. The Kier molecular flexibility index (Phi) is 6.32. The summed E-state index contributed by atoms with van der Waals surface area (Å²) in [6.45, 7) is 0.762. The lowest BCUT2D eigenvalue weighted by atomic mass is 9.74. The number of nitrogens with one attached hydrogen (secondary N) is 2. The molecule has 1 heterocycles. The number of rotatable bonds is 4. The Morgan fingerprint density at radius 2 is 1.83 bits per heavy atom. The van der Waals surface area contributed by atoms with Crippen LogP contribution in [0.1, 0.15) is 32.1 Å². The van der Waals surface area contributed by atoms with E-state index >= 15 is 0 Å². The summed E-state index contributed by atoms with van der Waals surface area (Å²) in [4.78, 5) is 12.5. The van der Waals surface area contributed by atoms with Crippen LogP contribution in [0, 0.1) is 11.8 Å². The molecular formula is C22H25ClN2O4S. The zero-order valence-corrected chi connectivity index (χ0v) is 18.1. The lowest BCUT2D eigenvalue weighted by molar-refractivity contribution is -0.0171. The summed E-state index contributed by atoms with van der Waals surface area (Å²) in [7, 11) is -4.18. The molecule has 4 rings (SSSR count). The number of ether oxygens (including phenoxy) is 1. The van der Waals surface area contributed by atoms with Crippen LogP contribution in [0.5, 0.6) is 0 Å². The molecule has 0 bridgehead atoms. The summed E-state index contributed by atoms with van der Waals surface area (Å²) >= 11 is 6.06. The number of fused-ring (bicyclic) bond motifs is 1. The Bertz CT molecular complexity index is 1010. The van der Waals surface area contributed by atoms with Crippen LogP contribution in [0.3, 0.4) is 0 Å². The average molecular weight is 449 g/mol. The smallest absolute Gasteiger partial charge is 0.422 e. The maximum Gasteiger partial charge on any atom is 0.422 e. The highest BCUT2D eigenvalue weighted by atomic mass is 35.5. The van der Waals surface area contributed by atoms with Crippen molar-refractivity contribution in [2.45, 2.75) is 43.2 Å². The van der Waals surface area contributed by atoms with Crippen molar-refractivity contribution in [2.24, 2.45) is 11.8 Å². The molecule has 3 atom stereocenters. The fourth-order valence-electron chi connectivity index (χ4n) is 4.56. The molecule has 2 aliphatic rings. The Hall–Kier alpha value is -2.09. The number of sulfonamides is 1. The van der Waals surface area contributed by atoms with Crippen LogP contribution in [0.15, 0.2) is 53.4 Å². The molecule has 1 saturated heterocycles. The van der Waals surface area contributed by atoms with Crippen molar-refractivity contribution in [3.8, 4) is 11.1 Å². The molecule has 0 spiro atoms. The van der Waals surface area contributed by atoms with Gasteiger partial charge in [-0.3, -0.25) is 5.32 Å². The minimum absolute atomic E-state index is 0.0645. The number of benzene rings is 2. The number of halogens is 1. The number of carbonyl (C=O) groups excluding carboxylic acids is 1. The monoisotopic (exact) mass is 448 g/mol. The van der Waals surface area contributed by atoms with Gasteiger partial charge in [0.1, 0.15) is 0 Å². The van der Waals surface area contributed by atoms with E-state index in [1.165, 1.54) is 12.5 Å². The summed E-state index contributed by atoms with van der Waals surface area (Å²) in [5.41, 5.74) is 1.17. The third-order valence-corrected chi connectivity index (χ3v) is 7.57. The minimum Gasteiger partial charge on any atom is -0.429 e. The predicted octanol–water partition coefficient (Wildman–Crippen LogP) is 4.55. The molecule has 1 aliphatic heterocycles. The molecule has 0 radical (unpaired) electrons. The molecule has 8 heteroatoms. The first kappa shape index (κ1) is 21.2. The third-order valence-electron chi connectivity index (χ3n) is 5.99. The molecule has 30 heavy (non-hydrogen) atoms. The molecule has 2 N–H and O–H groups in total. The first-order valence-electron chi connectivity index (χ1n) is 10.3. The van der Waals surface area contributed by atoms with Gasteiger partial charge in [-0.25, -0.2) is 17.9 Å². The fourth-order valence-corrected chi connectivity index (χ4v) is 5.94. The van der Waals surface area contributed by atoms with Gasteiger partial charge in [-0.05, 0) is 49.4 Å². The Morgan fingerprint density at radius 1 is 1.07 bits per heavy atom. The molecule has 2 aromatic rings. The van der Waals surface area contributed by atoms with Crippen LogP contribution in [0.25, 0.3) is 11.1 Å². The van der Waals surface area contributed by atoms with E-state index in [-0.39, 0.29) is 15.8 Å². The van der Waals surface area contributed by atoms with Gasteiger partial charge in [0.15, 0.2) is 6.23 Å². The lowest BCUT2D eigenvalue weighted by Crippen LogP contribution is -2.51. The molecule has 2 fully saturated rings. The highest BCUT2D eigenvalue weighted by molar-refractivity contribution is 7.90. The number of carbonyl (C=O) groups is 1. The van der Waals surface area contributed by atoms with Crippen molar-refractivity contribution in [3.05, 3.63) is 53.6 Å². The van der Waals surface area contributed by atoms with Gasteiger partial charge in [0.05, 0.1) is 4.90 Å². The van der Waals surface area contributed by atoms with Crippen molar-refractivity contribution >= 4 is 27.7 Å². The van der Waals surface area contributed by atoms with E-state index in [0.717, 1.165) is 32.2 Å². The van der Waals surface area contributed by atoms with Crippen molar-refractivity contribution in [1.29, 1.82) is 0 Å². The van der Waals surface area contributed by atoms with Gasteiger partial charge in [-0.1, -0.05) is 60.8 Å². The normalized spacial score (nSPS) is 24.0. The number of hydrogen-bond acceptors (Lipinski definition) is 5. The molecule has 3 unspecified atom stereocenters. The minimum atomic E-state index is -4.18. The molecular weight excluding hydrogens is 424 g/mol. The SMILES string of the molecule is O=C(NS(=O)(=O)c1cc(Cl)ccc1-c1ccccc1)OC1NCCC2CCCCC21. The number of hydrogen-bond donors (Lipinski definition) is 2. The molecule has 1 saturated carbocycles. The van der Waals surface area contributed by atoms with Crippen LogP contribution < -0.4 is 10.0 Å². The quantitative estimate of drug-likeness (QED) is 0.716. The molecule has 1 aliphatic carbocycles. The molecule has 160 valence electrons. The fraction of sp³-hybridized carbons (Fsp3) is 0.409. The highest BCUT2D eigenvalue weighted by Crippen LogP contribution is 2.37. The Balaban J connectivity index is 1.53. The van der Waals surface area contributed by atoms with E-state index in [9.17, 15) is 13.2 Å². The van der Waals surface area contributed by atoms with E-state index in [2.05, 4.69) is 10.0 Å². The van der Waals surface area contributed by atoms with Gasteiger partial charge >= 0.3 is 6.09 Å². The van der Waals surface area contributed by atoms with Crippen LogP contribution in [-0.4, -0.2) is 27.3 Å². The first-order chi connectivity index (χ1) is 14.4. The molecule has 2 aromatic carbocycles. The standard InChI is InChI=1S/C22H25ClN2O4S/c23-17-10-11-18(15-6-2-1-3-7-15)20(14-17)30(27,28)25-22(26)29-21-19-9-5-4-8-16(19)12-13-24-21/h1-3,6-7,10-11,14,16,19,21,24H,4-5,8-9,12-13H2,(H,25,26). The van der Waals surface area contributed by atoms with E-state index in [1.54, 1.807) is 24.3 Å². The van der Waals surface area contributed by atoms with Gasteiger partial charge < -0.3 is 4.74 Å². The second kappa shape index (κ2) is 8.96. The van der Waals surface area contributed by atoms with E-state index in [1.807, 2.05) is 18.2 Å². The van der Waals surface area contributed by atoms with Gasteiger partial charge in [-0.15, -0.1) is 0 Å². The predicted molar refractivity (Wildman–Crippen MR) is 116 cm³/mol. The van der Waals surface area contributed by atoms with Gasteiger partial charge in [0.2, 0.25) is 0 Å². The highest BCUT2D eigenvalue weighted by Gasteiger charge is 2.37. The molecule has 6 nitrogen and oxygen atoms in total. The first-order valence-corrected chi connectivity index (χ1v) is 12.1. The number of piperidine rings is 1. The zero-order chi connectivity index (χ0) is 21.1. The maximum atomic E-state index is 13.0. The van der Waals surface area contributed by atoms with Crippen molar-refractivity contribution in [1.82, 2.24) is 10.0 Å². The molecule has 0 aromatic heterocycles. The summed E-state index contributed by atoms with van der Waals surface area (Å²) in [5, 5.41) is 3.49. The summed E-state index contributed by atoms with van der Waals surface area (Å²) in [6, 6.07) is 13.7. The Labute approximate surface area is 182 Å². The average Bonchev–Trinajstić information content (AvgIpc) is 2.74. The second-order valence-electron chi connectivity index (χ2n) is 7.89. The van der Waals surface area contributed by atoms with Crippen molar-refractivity contribution < 1.29 is 17.9 Å². The second-order valence-corrected chi connectivity index (χ2v) is 9.98. The van der Waals surface area contributed by atoms with Crippen LogP contribution in [0.4, 0.5) is 4.79 Å². The lowest BCUT2D eigenvalue weighted by Gasteiger charge is -2.41. The topological polar surface area (TPSA) is 84.5 Å². The number of amides is 1. The Morgan fingerprint density at radius 3 is 2.63 bits per heavy atom.